The zero-order valence-corrected chi connectivity index (χ0v) is 21.3. The fourth-order valence-electron chi connectivity index (χ4n) is 4.99. The van der Waals surface area contributed by atoms with Gasteiger partial charge in [0.05, 0.1) is 29.9 Å². The molecule has 0 spiro atoms. The number of ether oxygens (including phenoxy) is 2. The van der Waals surface area contributed by atoms with E-state index in [-0.39, 0.29) is 0 Å². The molecule has 0 aliphatic heterocycles. The minimum absolute atomic E-state index is 0.659. The maximum atomic E-state index is 5.62. The maximum Gasteiger partial charge on any atom is 0.119 e. The van der Waals surface area contributed by atoms with Crippen molar-refractivity contribution < 1.29 is 9.47 Å². The third-order valence-electron chi connectivity index (χ3n) is 6.73. The summed E-state index contributed by atoms with van der Waals surface area (Å²) < 4.78 is 11.2. The van der Waals surface area contributed by atoms with Crippen molar-refractivity contribution in [3.05, 3.63) is 96.8 Å². The summed E-state index contributed by atoms with van der Waals surface area (Å²) in [7, 11) is 0. The summed E-state index contributed by atoms with van der Waals surface area (Å²) in [6.07, 6.45) is 1.85. The standard InChI is InChI=1S/C33H28N2O2/c1-4-36-26-12-6-22(7-13-26)24-10-16-28-29-17-11-25(23-8-14-27(15-9-23)37-5-2)19-31(29)33-32(30(28)18-24)34-20-21(3)35-33/h6-20H,4-5H2,1-3H3. The van der Waals surface area contributed by atoms with Crippen molar-refractivity contribution in [2.24, 2.45) is 0 Å². The lowest BCUT2D eigenvalue weighted by Gasteiger charge is -2.13. The van der Waals surface area contributed by atoms with E-state index in [4.69, 9.17) is 19.4 Å². The molecule has 4 nitrogen and oxygen atoms in total. The van der Waals surface area contributed by atoms with E-state index >= 15 is 0 Å². The van der Waals surface area contributed by atoms with Gasteiger partial charge in [0.1, 0.15) is 11.5 Å². The van der Waals surface area contributed by atoms with Crippen LogP contribution in [-0.4, -0.2) is 23.2 Å². The van der Waals surface area contributed by atoms with E-state index in [9.17, 15) is 0 Å². The predicted octanol–water partition coefficient (Wildman–Crippen LogP) is 8.38. The smallest absolute Gasteiger partial charge is 0.119 e. The fraction of sp³-hybridized carbons (Fsp3) is 0.152. The van der Waals surface area contributed by atoms with Gasteiger partial charge in [-0.05, 0) is 90.2 Å². The van der Waals surface area contributed by atoms with Crippen LogP contribution in [0.2, 0.25) is 0 Å². The Bertz CT molecular complexity index is 1740. The van der Waals surface area contributed by atoms with E-state index in [0.717, 1.165) is 61.3 Å². The zero-order valence-electron chi connectivity index (χ0n) is 21.3. The molecule has 0 N–H and O–H groups in total. The average molecular weight is 485 g/mol. The monoisotopic (exact) mass is 484 g/mol. The van der Waals surface area contributed by atoms with E-state index in [1.807, 2.05) is 51.2 Å². The van der Waals surface area contributed by atoms with Crippen molar-refractivity contribution >= 4 is 32.6 Å². The van der Waals surface area contributed by atoms with Crippen LogP contribution < -0.4 is 9.47 Å². The molecular weight excluding hydrogens is 456 g/mol. The van der Waals surface area contributed by atoms with E-state index < -0.39 is 0 Å². The minimum Gasteiger partial charge on any atom is -0.494 e. The van der Waals surface area contributed by atoms with E-state index in [2.05, 4.69) is 60.7 Å². The summed E-state index contributed by atoms with van der Waals surface area (Å²) in [6, 6.07) is 29.8. The second kappa shape index (κ2) is 9.55. The minimum atomic E-state index is 0.659. The average Bonchev–Trinajstić information content (AvgIpc) is 2.94. The molecule has 0 saturated heterocycles. The van der Waals surface area contributed by atoms with Crippen LogP contribution in [0, 0.1) is 6.92 Å². The number of fused-ring (bicyclic) bond motifs is 6. The summed E-state index contributed by atoms with van der Waals surface area (Å²) in [5.41, 5.74) is 7.33. The number of rotatable bonds is 6. The fourth-order valence-corrected chi connectivity index (χ4v) is 4.99. The molecule has 0 aliphatic rings. The molecule has 0 bridgehead atoms. The molecule has 0 saturated carbocycles. The van der Waals surface area contributed by atoms with Gasteiger partial charge in [0.15, 0.2) is 0 Å². The number of hydrogen-bond donors (Lipinski definition) is 0. The lowest BCUT2D eigenvalue weighted by molar-refractivity contribution is 0.340. The maximum absolute atomic E-state index is 5.62. The van der Waals surface area contributed by atoms with Crippen LogP contribution in [0.1, 0.15) is 19.5 Å². The van der Waals surface area contributed by atoms with Crippen LogP contribution in [-0.2, 0) is 0 Å². The molecule has 5 aromatic carbocycles. The van der Waals surface area contributed by atoms with Crippen LogP contribution in [0.15, 0.2) is 91.1 Å². The van der Waals surface area contributed by atoms with Gasteiger partial charge in [0.2, 0.25) is 0 Å². The Morgan fingerprint density at radius 2 is 1.00 bits per heavy atom. The van der Waals surface area contributed by atoms with Crippen LogP contribution in [0.5, 0.6) is 11.5 Å². The van der Waals surface area contributed by atoms with Crippen LogP contribution >= 0.6 is 0 Å². The summed E-state index contributed by atoms with van der Waals surface area (Å²) in [4.78, 5) is 9.83. The van der Waals surface area contributed by atoms with Gasteiger partial charge in [-0.15, -0.1) is 0 Å². The zero-order chi connectivity index (χ0) is 25.4. The number of aromatic nitrogens is 2. The van der Waals surface area contributed by atoms with Crippen LogP contribution in [0.25, 0.3) is 54.8 Å². The Balaban J connectivity index is 1.53. The first kappa shape index (κ1) is 23.0. The summed E-state index contributed by atoms with van der Waals surface area (Å²) in [5.74, 6) is 1.77. The molecule has 0 amide bonds. The molecule has 0 atom stereocenters. The quantitative estimate of drug-likeness (QED) is 0.223. The van der Waals surface area contributed by atoms with Gasteiger partial charge < -0.3 is 9.47 Å². The Morgan fingerprint density at radius 3 is 1.49 bits per heavy atom. The lowest BCUT2D eigenvalue weighted by atomic mass is 9.93. The Hall–Kier alpha value is -4.44. The molecule has 1 heterocycles. The third-order valence-corrected chi connectivity index (χ3v) is 6.73. The van der Waals surface area contributed by atoms with Gasteiger partial charge in [0, 0.05) is 17.0 Å². The first-order valence-electron chi connectivity index (χ1n) is 12.7. The van der Waals surface area contributed by atoms with Crippen molar-refractivity contribution in [3.8, 4) is 33.8 Å². The lowest BCUT2D eigenvalue weighted by Crippen LogP contribution is -1.93. The molecule has 0 aliphatic carbocycles. The van der Waals surface area contributed by atoms with Gasteiger partial charge in [-0.2, -0.15) is 0 Å². The summed E-state index contributed by atoms with van der Waals surface area (Å²) in [5, 5.41) is 4.57. The van der Waals surface area contributed by atoms with Gasteiger partial charge >= 0.3 is 0 Å². The first-order chi connectivity index (χ1) is 18.1. The summed E-state index contributed by atoms with van der Waals surface area (Å²) in [6.45, 7) is 7.31. The van der Waals surface area contributed by atoms with Gasteiger partial charge in [-0.3, -0.25) is 4.98 Å². The highest BCUT2D eigenvalue weighted by Crippen LogP contribution is 2.38. The Labute approximate surface area is 216 Å². The molecule has 37 heavy (non-hydrogen) atoms. The van der Waals surface area contributed by atoms with Crippen LogP contribution in [0.4, 0.5) is 0 Å². The molecular formula is C33H28N2O2. The number of nitrogens with zero attached hydrogens (tertiary/aromatic N) is 2. The van der Waals surface area contributed by atoms with Crippen molar-refractivity contribution in [3.63, 3.8) is 0 Å². The molecule has 4 heteroatoms. The molecule has 0 radical (unpaired) electrons. The number of hydrogen-bond acceptors (Lipinski definition) is 4. The molecule has 6 rings (SSSR count). The molecule has 0 fully saturated rings. The van der Waals surface area contributed by atoms with Crippen LogP contribution in [0.3, 0.4) is 0 Å². The van der Waals surface area contributed by atoms with Gasteiger partial charge in [0.25, 0.3) is 0 Å². The molecule has 182 valence electrons. The van der Waals surface area contributed by atoms with Crippen molar-refractivity contribution in [2.45, 2.75) is 20.8 Å². The van der Waals surface area contributed by atoms with Crippen molar-refractivity contribution in [2.75, 3.05) is 13.2 Å². The topological polar surface area (TPSA) is 44.2 Å². The van der Waals surface area contributed by atoms with Crippen molar-refractivity contribution in [1.29, 1.82) is 0 Å². The Kier molecular flexibility index (Phi) is 5.93. The number of benzene rings is 5. The van der Waals surface area contributed by atoms with E-state index in [0.29, 0.717) is 13.2 Å². The number of aryl methyl sites for hydroxylation is 1. The molecule has 1 aromatic heterocycles. The highest BCUT2D eigenvalue weighted by molar-refractivity contribution is 6.24. The van der Waals surface area contributed by atoms with Gasteiger partial charge in [-0.1, -0.05) is 48.5 Å². The second-order valence-electron chi connectivity index (χ2n) is 9.14. The highest BCUT2D eigenvalue weighted by Gasteiger charge is 2.14. The van der Waals surface area contributed by atoms with Crippen molar-refractivity contribution in [1.82, 2.24) is 9.97 Å². The molecule has 6 aromatic rings. The van der Waals surface area contributed by atoms with Gasteiger partial charge in [-0.25, -0.2) is 4.98 Å². The summed E-state index contributed by atoms with van der Waals surface area (Å²) >= 11 is 0. The predicted molar refractivity (Wildman–Crippen MR) is 152 cm³/mol. The SMILES string of the molecule is CCOc1ccc(-c2ccc3c4ccc(-c5ccc(OCC)cc5)cc4c4nc(C)cnc4c3c2)cc1. The second-order valence-corrected chi connectivity index (χ2v) is 9.14. The first-order valence-corrected chi connectivity index (χ1v) is 12.7. The Morgan fingerprint density at radius 1 is 0.541 bits per heavy atom. The van der Waals surface area contributed by atoms with E-state index in [1.165, 1.54) is 10.8 Å². The normalized spacial score (nSPS) is 11.3. The van der Waals surface area contributed by atoms with E-state index in [1.54, 1.807) is 0 Å². The largest absolute Gasteiger partial charge is 0.494 e. The highest BCUT2D eigenvalue weighted by atomic mass is 16.5. The third kappa shape index (κ3) is 4.25. The molecule has 0 unspecified atom stereocenters.